The van der Waals surface area contributed by atoms with Crippen LogP contribution in [0.2, 0.25) is 0 Å². The Kier molecular flexibility index (Phi) is 7.26. The number of benzene rings is 3. The first-order chi connectivity index (χ1) is 17.7. The van der Waals surface area contributed by atoms with Gasteiger partial charge in [0.1, 0.15) is 11.5 Å². The fraction of sp³-hybridized carbons (Fsp3) is 0.167. The molecule has 0 fully saturated rings. The van der Waals surface area contributed by atoms with E-state index in [4.69, 9.17) is 14.3 Å². The molecule has 6 nitrogen and oxygen atoms in total. The van der Waals surface area contributed by atoms with E-state index in [1.807, 2.05) is 115 Å². The van der Waals surface area contributed by atoms with E-state index < -0.39 is 6.10 Å². The minimum absolute atomic E-state index is 0.422. The Balaban J connectivity index is 1.50. The summed E-state index contributed by atoms with van der Waals surface area (Å²) in [6, 6.07) is 33.2. The Labute approximate surface area is 211 Å². The largest absolute Gasteiger partial charge is 0.468 e. The Morgan fingerprint density at radius 1 is 0.861 bits per heavy atom. The minimum atomic E-state index is -0.649. The van der Waals surface area contributed by atoms with Gasteiger partial charge in [-0.3, -0.25) is 4.90 Å². The van der Waals surface area contributed by atoms with Crippen molar-refractivity contribution in [3.05, 3.63) is 132 Å². The number of para-hydroxylation sites is 2. The summed E-state index contributed by atoms with van der Waals surface area (Å²) < 4.78 is 13.9. The molecule has 1 N–H and O–H groups in total. The molecular formula is C30H29N3O3. The van der Waals surface area contributed by atoms with E-state index in [-0.39, 0.29) is 0 Å². The van der Waals surface area contributed by atoms with E-state index in [2.05, 4.69) is 4.90 Å². The summed E-state index contributed by atoms with van der Waals surface area (Å²) in [5.41, 5.74) is 3.61. The molecule has 0 aliphatic heterocycles. The third kappa shape index (κ3) is 5.57. The lowest BCUT2D eigenvalue weighted by atomic mass is 10.1. The highest BCUT2D eigenvalue weighted by Gasteiger charge is 2.23. The molecule has 0 aliphatic rings. The zero-order valence-corrected chi connectivity index (χ0v) is 20.2. The molecule has 0 spiro atoms. The highest BCUT2D eigenvalue weighted by molar-refractivity contribution is 5.43. The maximum atomic E-state index is 11.0. The quantitative estimate of drug-likeness (QED) is 0.255. The summed E-state index contributed by atoms with van der Waals surface area (Å²) in [4.78, 5) is 2.16. The van der Waals surface area contributed by atoms with Crippen LogP contribution in [-0.4, -0.2) is 26.3 Å². The Hall–Kier alpha value is -4.13. The molecule has 0 saturated heterocycles. The SMILES string of the molecule is Cc1nn(-c2ccccc2)c(Oc2ccccc2)c1CN(Cc1ccco1)CC(O)c1ccccc1. The van der Waals surface area contributed by atoms with Gasteiger partial charge < -0.3 is 14.3 Å². The molecule has 36 heavy (non-hydrogen) atoms. The molecule has 3 aromatic carbocycles. The predicted molar refractivity (Wildman–Crippen MR) is 139 cm³/mol. The van der Waals surface area contributed by atoms with Crippen molar-refractivity contribution >= 4 is 0 Å². The van der Waals surface area contributed by atoms with Gasteiger partial charge >= 0.3 is 0 Å². The topological polar surface area (TPSA) is 63.7 Å². The predicted octanol–water partition coefficient (Wildman–Crippen LogP) is 6.30. The fourth-order valence-electron chi connectivity index (χ4n) is 4.23. The summed E-state index contributed by atoms with van der Waals surface area (Å²) in [6.45, 7) is 3.47. The Morgan fingerprint density at radius 3 is 2.19 bits per heavy atom. The van der Waals surface area contributed by atoms with E-state index in [0.29, 0.717) is 25.5 Å². The molecule has 6 heteroatoms. The number of hydrogen-bond acceptors (Lipinski definition) is 5. The number of ether oxygens (including phenoxy) is 1. The summed E-state index contributed by atoms with van der Waals surface area (Å²) in [7, 11) is 0. The molecule has 0 bridgehead atoms. The zero-order valence-electron chi connectivity index (χ0n) is 20.2. The van der Waals surface area contributed by atoms with Crippen LogP contribution in [0.15, 0.2) is 114 Å². The maximum absolute atomic E-state index is 11.0. The van der Waals surface area contributed by atoms with Gasteiger partial charge in [0.15, 0.2) is 0 Å². The van der Waals surface area contributed by atoms with Crippen molar-refractivity contribution in [3.63, 3.8) is 0 Å². The lowest BCUT2D eigenvalue weighted by molar-refractivity contribution is 0.0998. The van der Waals surface area contributed by atoms with Gasteiger partial charge in [0, 0.05) is 13.1 Å². The third-order valence-electron chi connectivity index (χ3n) is 6.05. The van der Waals surface area contributed by atoms with E-state index in [9.17, 15) is 5.11 Å². The molecule has 0 radical (unpaired) electrons. The Morgan fingerprint density at radius 2 is 1.53 bits per heavy atom. The summed E-state index contributed by atoms with van der Waals surface area (Å²) in [5.74, 6) is 2.22. The molecule has 1 unspecified atom stereocenters. The van der Waals surface area contributed by atoms with Crippen molar-refractivity contribution in [1.29, 1.82) is 0 Å². The first-order valence-electron chi connectivity index (χ1n) is 12.0. The number of hydrogen-bond donors (Lipinski definition) is 1. The molecule has 5 aromatic rings. The van der Waals surface area contributed by atoms with Gasteiger partial charge in [0.2, 0.25) is 5.88 Å². The second-order valence-electron chi connectivity index (χ2n) is 8.71. The second-order valence-corrected chi connectivity index (χ2v) is 8.71. The number of aliphatic hydroxyl groups excluding tert-OH is 1. The van der Waals surface area contributed by atoms with Crippen LogP contribution in [0.25, 0.3) is 5.69 Å². The summed E-state index contributed by atoms with van der Waals surface area (Å²) in [5, 5.41) is 15.9. The third-order valence-corrected chi connectivity index (χ3v) is 6.05. The smallest absolute Gasteiger partial charge is 0.227 e. The molecule has 2 aromatic heterocycles. The zero-order chi connectivity index (χ0) is 24.7. The minimum Gasteiger partial charge on any atom is -0.468 e. The van der Waals surface area contributed by atoms with Crippen LogP contribution < -0.4 is 4.74 Å². The average molecular weight is 480 g/mol. The van der Waals surface area contributed by atoms with Crippen molar-refractivity contribution < 1.29 is 14.3 Å². The molecular weight excluding hydrogens is 450 g/mol. The van der Waals surface area contributed by atoms with E-state index >= 15 is 0 Å². The van der Waals surface area contributed by atoms with Crippen LogP contribution >= 0.6 is 0 Å². The molecule has 182 valence electrons. The van der Waals surface area contributed by atoms with Crippen LogP contribution in [0.4, 0.5) is 0 Å². The lowest BCUT2D eigenvalue weighted by Crippen LogP contribution is -2.28. The second kappa shape index (κ2) is 11.1. The van der Waals surface area contributed by atoms with Gasteiger partial charge in [-0.1, -0.05) is 66.7 Å². The molecule has 5 rings (SSSR count). The highest BCUT2D eigenvalue weighted by atomic mass is 16.5. The van der Waals surface area contributed by atoms with Crippen LogP contribution in [-0.2, 0) is 13.1 Å². The number of aliphatic hydroxyl groups is 1. The lowest BCUT2D eigenvalue weighted by Gasteiger charge is -2.25. The monoisotopic (exact) mass is 479 g/mol. The van der Waals surface area contributed by atoms with Gasteiger partial charge in [-0.15, -0.1) is 0 Å². The van der Waals surface area contributed by atoms with Crippen molar-refractivity contribution in [2.24, 2.45) is 0 Å². The number of aromatic nitrogens is 2. The van der Waals surface area contributed by atoms with Crippen LogP contribution in [0.3, 0.4) is 0 Å². The van der Waals surface area contributed by atoms with E-state index in [1.54, 1.807) is 6.26 Å². The van der Waals surface area contributed by atoms with E-state index in [0.717, 1.165) is 34.0 Å². The standard InChI is InChI=1S/C30H29N3O3/c1-23-28(21-32(20-27-18-11-19-35-27)22-29(34)24-12-5-2-6-13-24)30(36-26-16-9-4-10-17-26)33(31-23)25-14-7-3-8-15-25/h2-19,29,34H,20-22H2,1H3. The molecule has 0 amide bonds. The van der Waals surface area contributed by atoms with Crippen LogP contribution in [0.5, 0.6) is 11.6 Å². The maximum Gasteiger partial charge on any atom is 0.227 e. The van der Waals surface area contributed by atoms with E-state index in [1.165, 1.54) is 0 Å². The first kappa shape index (κ1) is 23.6. The van der Waals surface area contributed by atoms with Crippen molar-refractivity contribution in [3.8, 4) is 17.3 Å². The molecule has 2 heterocycles. The number of nitrogens with zero attached hydrogens (tertiary/aromatic N) is 3. The van der Waals surface area contributed by atoms with Crippen LogP contribution in [0.1, 0.15) is 28.7 Å². The molecule has 1 atom stereocenters. The Bertz CT molecular complexity index is 1350. The first-order valence-corrected chi connectivity index (χ1v) is 12.0. The van der Waals surface area contributed by atoms with Crippen molar-refractivity contribution in [2.75, 3.05) is 6.54 Å². The number of aryl methyl sites for hydroxylation is 1. The van der Waals surface area contributed by atoms with Crippen LogP contribution in [0, 0.1) is 6.92 Å². The van der Waals surface area contributed by atoms with Gasteiger partial charge in [0.05, 0.1) is 35.9 Å². The van der Waals surface area contributed by atoms with Gasteiger partial charge in [-0.25, -0.2) is 4.68 Å². The summed E-state index contributed by atoms with van der Waals surface area (Å²) >= 11 is 0. The molecule has 0 aliphatic carbocycles. The van der Waals surface area contributed by atoms with Crippen molar-refractivity contribution in [1.82, 2.24) is 14.7 Å². The van der Waals surface area contributed by atoms with Gasteiger partial charge in [-0.2, -0.15) is 5.10 Å². The highest BCUT2D eigenvalue weighted by Crippen LogP contribution is 2.32. The fourth-order valence-corrected chi connectivity index (χ4v) is 4.23. The summed E-state index contributed by atoms with van der Waals surface area (Å²) in [6.07, 6.45) is 1.02. The average Bonchev–Trinajstić information content (AvgIpc) is 3.54. The normalized spacial score (nSPS) is 12.1. The van der Waals surface area contributed by atoms with Gasteiger partial charge in [-0.05, 0) is 48.9 Å². The van der Waals surface area contributed by atoms with Crippen molar-refractivity contribution in [2.45, 2.75) is 26.1 Å². The number of furan rings is 1. The van der Waals surface area contributed by atoms with Gasteiger partial charge in [0.25, 0.3) is 0 Å². The molecule has 0 saturated carbocycles. The number of rotatable bonds is 10.